The van der Waals surface area contributed by atoms with E-state index in [1.54, 1.807) is 24.5 Å². The average Bonchev–Trinajstić information content (AvgIpc) is 2.63. The van der Waals surface area contributed by atoms with Crippen molar-refractivity contribution in [1.82, 2.24) is 15.0 Å². The number of halogens is 2. The first-order chi connectivity index (χ1) is 12.5. The summed E-state index contributed by atoms with van der Waals surface area (Å²) in [6.45, 7) is -0.291. The number of carbonyl (C=O) groups is 1. The van der Waals surface area contributed by atoms with Gasteiger partial charge in [-0.05, 0) is 52.9 Å². The maximum absolute atomic E-state index is 10.8. The molecule has 3 aromatic rings. The third kappa shape index (κ3) is 4.79. The van der Waals surface area contributed by atoms with Gasteiger partial charge in [0.2, 0.25) is 5.95 Å². The third-order valence-corrected chi connectivity index (χ3v) is 4.26. The molecular formula is C17H13ClIN5O2. The summed E-state index contributed by atoms with van der Waals surface area (Å²) < 4.78 is 1.01. The zero-order valence-corrected chi connectivity index (χ0v) is 16.2. The van der Waals surface area contributed by atoms with Crippen LogP contribution in [0.5, 0.6) is 0 Å². The van der Waals surface area contributed by atoms with E-state index in [-0.39, 0.29) is 12.5 Å². The van der Waals surface area contributed by atoms with Crippen molar-refractivity contribution >= 4 is 57.6 Å². The van der Waals surface area contributed by atoms with Crippen molar-refractivity contribution < 1.29 is 9.90 Å². The van der Waals surface area contributed by atoms with E-state index in [1.807, 2.05) is 24.3 Å². The molecule has 0 atom stereocenters. The molecule has 9 heteroatoms. The summed E-state index contributed by atoms with van der Waals surface area (Å²) in [4.78, 5) is 23.6. The Balaban J connectivity index is 1.97. The van der Waals surface area contributed by atoms with Crippen LogP contribution in [0, 0.1) is 3.57 Å². The number of hydrogen-bond acceptors (Lipinski definition) is 6. The molecule has 0 aliphatic carbocycles. The Morgan fingerprint density at radius 1 is 1.23 bits per heavy atom. The minimum atomic E-state index is -1.00. The lowest BCUT2D eigenvalue weighted by Gasteiger charge is -2.12. The van der Waals surface area contributed by atoms with Gasteiger partial charge in [-0.1, -0.05) is 11.6 Å². The Morgan fingerprint density at radius 3 is 2.77 bits per heavy atom. The van der Waals surface area contributed by atoms with E-state index in [1.165, 1.54) is 0 Å². The van der Waals surface area contributed by atoms with E-state index in [4.69, 9.17) is 16.7 Å². The van der Waals surface area contributed by atoms with E-state index in [0.717, 1.165) is 9.13 Å². The highest BCUT2D eigenvalue weighted by atomic mass is 127. The van der Waals surface area contributed by atoms with Gasteiger partial charge in [-0.15, -0.1) is 0 Å². The number of aromatic nitrogens is 3. The van der Waals surface area contributed by atoms with Crippen molar-refractivity contribution in [3.8, 4) is 11.3 Å². The Labute approximate surface area is 168 Å². The second-order valence-corrected chi connectivity index (χ2v) is 6.85. The van der Waals surface area contributed by atoms with Crippen LogP contribution in [-0.2, 0) is 4.79 Å². The van der Waals surface area contributed by atoms with E-state index >= 15 is 0 Å². The van der Waals surface area contributed by atoms with Gasteiger partial charge in [-0.3, -0.25) is 9.78 Å². The van der Waals surface area contributed by atoms with E-state index < -0.39 is 5.97 Å². The van der Waals surface area contributed by atoms with Crippen LogP contribution in [0.15, 0.2) is 48.8 Å². The van der Waals surface area contributed by atoms with Crippen LogP contribution in [0.2, 0.25) is 5.02 Å². The van der Waals surface area contributed by atoms with Gasteiger partial charge >= 0.3 is 5.97 Å². The number of carboxylic acid groups (broad SMARTS) is 1. The molecule has 2 heterocycles. The van der Waals surface area contributed by atoms with Crippen molar-refractivity contribution in [2.75, 3.05) is 17.2 Å². The first-order valence-electron chi connectivity index (χ1n) is 7.48. The second-order valence-electron chi connectivity index (χ2n) is 5.20. The number of aliphatic carboxylic acids is 1. The first-order valence-corrected chi connectivity index (χ1v) is 8.94. The fourth-order valence-electron chi connectivity index (χ4n) is 2.14. The van der Waals surface area contributed by atoms with Crippen LogP contribution < -0.4 is 10.6 Å². The van der Waals surface area contributed by atoms with Gasteiger partial charge < -0.3 is 15.7 Å². The molecule has 0 aliphatic rings. The molecule has 0 bridgehead atoms. The van der Waals surface area contributed by atoms with Crippen molar-refractivity contribution in [3.05, 3.63) is 57.4 Å². The lowest BCUT2D eigenvalue weighted by molar-refractivity contribution is -0.134. The summed E-state index contributed by atoms with van der Waals surface area (Å²) >= 11 is 8.44. The van der Waals surface area contributed by atoms with Crippen LogP contribution in [-0.4, -0.2) is 32.6 Å². The standard InChI is InChI=1S/C17H13ClIN5O2/c18-12-6-11(19)3-4-13(12)22-15-7-14(10-2-1-5-20-8-10)23-17(24-15)21-9-16(25)26/h1-8H,9H2,(H,25,26)(H2,21,22,23,24). The maximum atomic E-state index is 10.8. The molecule has 0 saturated heterocycles. The molecule has 132 valence electrons. The highest BCUT2D eigenvalue weighted by Gasteiger charge is 2.10. The highest BCUT2D eigenvalue weighted by Crippen LogP contribution is 2.28. The summed E-state index contributed by atoms with van der Waals surface area (Å²) in [5.74, 6) is -0.330. The van der Waals surface area contributed by atoms with Crippen molar-refractivity contribution in [2.24, 2.45) is 0 Å². The zero-order valence-electron chi connectivity index (χ0n) is 13.3. The number of rotatable bonds is 6. The van der Waals surface area contributed by atoms with Gasteiger partial charge in [0.05, 0.1) is 16.4 Å². The molecule has 0 aliphatic heterocycles. The minimum absolute atomic E-state index is 0.192. The summed E-state index contributed by atoms with van der Waals surface area (Å²) in [7, 11) is 0. The molecule has 0 fully saturated rings. The van der Waals surface area contributed by atoms with Crippen LogP contribution in [0.3, 0.4) is 0 Å². The third-order valence-electron chi connectivity index (χ3n) is 3.28. The summed E-state index contributed by atoms with van der Waals surface area (Å²) in [6.07, 6.45) is 3.34. The molecule has 2 aromatic heterocycles. The second kappa shape index (κ2) is 8.28. The van der Waals surface area contributed by atoms with E-state index in [2.05, 4.69) is 48.2 Å². The highest BCUT2D eigenvalue weighted by molar-refractivity contribution is 14.1. The van der Waals surface area contributed by atoms with Crippen molar-refractivity contribution in [3.63, 3.8) is 0 Å². The average molecular weight is 482 g/mol. The SMILES string of the molecule is O=C(O)CNc1nc(Nc2ccc(I)cc2Cl)cc(-c2cccnc2)n1. The van der Waals surface area contributed by atoms with E-state index in [0.29, 0.717) is 22.2 Å². The molecule has 3 rings (SSSR count). The molecule has 26 heavy (non-hydrogen) atoms. The van der Waals surface area contributed by atoms with Crippen LogP contribution in [0.25, 0.3) is 11.3 Å². The van der Waals surface area contributed by atoms with Gasteiger partial charge in [-0.2, -0.15) is 4.98 Å². The van der Waals surface area contributed by atoms with E-state index in [9.17, 15) is 4.79 Å². The Morgan fingerprint density at radius 2 is 2.08 bits per heavy atom. The molecule has 1 aromatic carbocycles. The summed E-state index contributed by atoms with van der Waals surface area (Å²) in [6, 6.07) is 11.0. The lowest BCUT2D eigenvalue weighted by atomic mass is 10.2. The predicted octanol–water partition coefficient (Wildman–Crippen LogP) is 4.04. The number of nitrogens with one attached hydrogen (secondary N) is 2. The first kappa shape index (κ1) is 18.3. The molecule has 0 unspecified atom stereocenters. The fraction of sp³-hybridized carbons (Fsp3) is 0.0588. The molecule has 0 amide bonds. The molecular weight excluding hydrogens is 469 g/mol. The largest absolute Gasteiger partial charge is 0.480 e. The number of carboxylic acids is 1. The quantitative estimate of drug-likeness (QED) is 0.457. The normalized spacial score (nSPS) is 10.4. The number of pyridine rings is 1. The van der Waals surface area contributed by atoms with Crippen LogP contribution in [0.1, 0.15) is 0 Å². The molecule has 0 saturated carbocycles. The molecule has 7 nitrogen and oxygen atoms in total. The molecule has 0 spiro atoms. The number of anilines is 3. The fourth-order valence-corrected chi connectivity index (χ4v) is 3.04. The van der Waals surface area contributed by atoms with Gasteiger partial charge in [0.25, 0.3) is 0 Å². The molecule has 3 N–H and O–H groups in total. The van der Waals surface area contributed by atoms with Gasteiger partial charge in [0, 0.05) is 27.6 Å². The molecule has 0 radical (unpaired) electrons. The van der Waals surface area contributed by atoms with Crippen LogP contribution >= 0.6 is 34.2 Å². The lowest BCUT2D eigenvalue weighted by Crippen LogP contribution is -2.15. The summed E-state index contributed by atoms with van der Waals surface area (Å²) in [5, 5.41) is 15.3. The zero-order chi connectivity index (χ0) is 18.5. The van der Waals surface area contributed by atoms with Crippen molar-refractivity contribution in [2.45, 2.75) is 0 Å². The predicted molar refractivity (Wildman–Crippen MR) is 109 cm³/mol. The van der Waals surface area contributed by atoms with Gasteiger partial charge in [0.15, 0.2) is 0 Å². The van der Waals surface area contributed by atoms with Gasteiger partial charge in [0.1, 0.15) is 12.4 Å². The Kier molecular flexibility index (Phi) is 5.84. The van der Waals surface area contributed by atoms with Crippen LogP contribution in [0.4, 0.5) is 17.5 Å². The minimum Gasteiger partial charge on any atom is -0.480 e. The van der Waals surface area contributed by atoms with Crippen molar-refractivity contribution in [1.29, 1.82) is 0 Å². The summed E-state index contributed by atoms with van der Waals surface area (Å²) in [5.41, 5.74) is 2.07. The maximum Gasteiger partial charge on any atom is 0.322 e. The topological polar surface area (TPSA) is 100 Å². The smallest absolute Gasteiger partial charge is 0.322 e. The van der Waals surface area contributed by atoms with Gasteiger partial charge in [-0.25, -0.2) is 4.98 Å². The Hall–Kier alpha value is -2.46. The number of benzene rings is 1. The number of nitrogens with zero attached hydrogens (tertiary/aromatic N) is 3. The Bertz CT molecular complexity index is 940. The number of hydrogen-bond donors (Lipinski definition) is 3. The monoisotopic (exact) mass is 481 g/mol.